The molecule has 0 spiro atoms. The van der Waals surface area contributed by atoms with Crippen molar-refractivity contribution < 1.29 is 28.9 Å². The summed E-state index contributed by atoms with van der Waals surface area (Å²) in [6, 6.07) is 3.35. The van der Waals surface area contributed by atoms with E-state index in [1.165, 1.54) is 0 Å². The number of aryl methyl sites for hydroxylation is 1. The number of methoxy groups -OCH3 is 1. The lowest BCUT2D eigenvalue weighted by molar-refractivity contribution is -0.144. The smallest absolute Gasteiger partial charge is 0.308 e. The highest BCUT2D eigenvalue weighted by Gasteiger charge is 2.47. The number of aliphatic carboxylic acids is 1. The van der Waals surface area contributed by atoms with Crippen LogP contribution in [0.25, 0.3) is 0 Å². The number of nitrogens with zero attached hydrogens (tertiary/aromatic N) is 4. The zero-order valence-corrected chi connectivity index (χ0v) is 23.0. The van der Waals surface area contributed by atoms with Gasteiger partial charge in [-0.3, -0.25) is 14.5 Å². The van der Waals surface area contributed by atoms with Crippen LogP contribution < -0.4 is 19.9 Å². The minimum absolute atomic E-state index is 0.0289. The summed E-state index contributed by atoms with van der Waals surface area (Å²) in [4.78, 5) is 34.5. The van der Waals surface area contributed by atoms with Crippen LogP contribution in [-0.4, -0.2) is 89.0 Å². The van der Waals surface area contributed by atoms with Gasteiger partial charge in [0.25, 0.3) is 0 Å². The highest BCUT2D eigenvalue weighted by atomic mass is 16.7. The normalized spacial score (nSPS) is 20.3. The van der Waals surface area contributed by atoms with Gasteiger partial charge in [-0.15, -0.1) is 0 Å². The number of carboxylic acid groups (broad SMARTS) is 1. The topological polar surface area (TPSA) is 132 Å². The van der Waals surface area contributed by atoms with E-state index < -0.39 is 11.9 Å². The molecule has 11 heteroatoms. The Balaban J connectivity index is 1.61. The second-order valence-corrected chi connectivity index (χ2v) is 10.2. The maximum atomic E-state index is 13.6. The number of amides is 1. The summed E-state index contributed by atoms with van der Waals surface area (Å²) in [5.74, 6) is -0.337. The number of aromatic nitrogens is 2. The number of benzene rings is 1. The summed E-state index contributed by atoms with van der Waals surface area (Å²) in [7, 11) is 1.55. The molecule has 1 amide bonds. The van der Waals surface area contributed by atoms with Crippen molar-refractivity contribution >= 4 is 11.9 Å². The number of hydrogen-bond donors (Lipinski definition) is 2. The van der Waals surface area contributed by atoms with Crippen LogP contribution in [0.5, 0.6) is 17.2 Å². The second kappa shape index (κ2) is 13.7. The van der Waals surface area contributed by atoms with Crippen LogP contribution in [-0.2, 0) is 16.1 Å². The number of rotatable bonds is 15. The minimum Gasteiger partial charge on any atom is -0.493 e. The summed E-state index contributed by atoms with van der Waals surface area (Å²) < 4.78 is 18.6. The summed E-state index contributed by atoms with van der Waals surface area (Å²) in [6.07, 6.45) is 9.51. The number of carboxylic acids is 1. The van der Waals surface area contributed by atoms with Gasteiger partial charge in [0, 0.05) is 50.5 Å². The minimum atomic E-state index is -0.881. The van der Waals surface area contributed by atoms with Crippen molar-refractivity contribution in [1.82, 2.24) is 19.4 Å². The fourth-order valence-electron chi connectivity index (χ4n) is 5.69. The summed E-state index contributed by atoms with van der Waals surface area (Å²) in [5, 5.41) is 10.5. The van der Waals surface area contributed by atoms with Crippen LogP contribution >= 0.6 is 0 Å². The molecule has 1 aromatic carbocycles. The van der Waals surface area contributed by atoms with E-state index in [9.17, 15) is 14.7 Å². The number of likely N-dealkylation sites (tertiary alicyclic amines) is 1. The van der Waals surface area contributed by atoms with Crippen molar-refractivity contribution in [2.24, 2.45) is 11.7 Å². The largest absolute Gasteiger partial charge is 0.493 e. The molecule has 4 rings (SSSR count). The van der Waals surface area contributed by atoms with Crippen molar-refractivity contribution in [3.05, 3.63) is 36.4 Å². The number of imidazole rings is 1. The first-order chi connectivity index (χ1) is 19.0. The van der Waals surface area contributed by atoms with Gasteiger partial charge in [0.15, 0.2) is 11.5 Å². The van der Waals surface area contributed by atoms with Crippen LogP contribution in [0, 0.1) is 5.92 Å². The van der Waals surface area contributed by atoms with Crippen molar-refractivity contribution in [3.63, 3.8) is 0 Å². The molecule has 0 radical (unpaired) electrons. The molecule has 1 aromatic heterocycles. The van der Waals surface area contributed by atoms with Crippen LogP contribution in [0.15, 0.2) is 30.9 Å². The van der Waals surface area contributed by atoms with Gasteiger partial charge in [-0.05, 0) is 49.9 Å². The quantitative estimate of drug-likeness (QED) is 0.325. The van der Waals surface area contributed by atoms with Crippen LogP contribution in [0.1, 0.15) is 50.5 Å². The number of carbonyl (C=O) groups excluding carboxylic acids is 1. The molecule has 3 N–H and O–H groups in total. The van der Waals surface area contributed by atoms with Gasteiger partial charge >= 0.3 is 5.97 Å². The zero-order valence-electron chi connectivity index (χ0n) is 23.0. The molecule has 3 atom stereocenters. The van der Waals surface area contributed by atoms with E-state index in [0.29, 0.717) is 56.4 Å². The molecular weight excluding hydrogens is 502 g/mol. The van der Waals surface area contributed by atoms with Crippen molar-refractivity contribution in [2.75, 3.05) is 46.6 Å². The van der Waals surface area contributed by atoms with E-state index in [-0.39, 0.29) is 31.2 Å². The van der Waals surface area contributed by atoms with E-state index in [0.717, 1.165) is 31.2 Å². The van der Waals surface area contributed by atoms with E-state index in [4.69, 9.17) is 19.9 Å². The molecule has 2 aliphatic rings. The first-order valence-corrected chi connectivity index (χ1v) is 13.8. The Kier molecular flexibility index (Phi) is 10.0. The lowest BCUT2D eigenvalue weighted by Crippen LogP contribution is -2.45. The van der Waals surface area contributed by atoms with E-state index in [1.807, 2.05) is 27.8 Å². The monoisotopic (exact) mass is 543 g/mol. The Labute approximate surface area is 229 Å². The zero-order chi connectivity index (χ0) is 27.8. The van der Waals surface area contributed by atoms with Gasteiger partial charge in [-0.25, -0.2) is 4.98 Å². The van der Waals surface area contributed by atoms with E-state index >= 15 is 0 Å². The molecule has 1 saturated heterocycles. The van der Waals surface area contributed by atoms with Crippen molar-refractivity contribution in [1.29, 1.82) is 0 Å². The fourth-order valence-corrected chi connectivity index (χ4v) is 5.69. The Bertz CT molecular complexity index is 1090. The number of fused-ring (bicyclic) bond motifs is 1. The molecule has 0 saturated carbocycles. The lowest BCUT2D eigenvalue weighted by Gasteiger charge is -2.30. The fraction of sp³-hybridized carbons (Fsp3) is 0.607. The average molecular weight is 544 g/mol. The second-order valence-electron chi connectivity index (χ2n) is 10.2. The van der Waals surface area contributed by atoms with Gasteiger partial charge in [0.2, 0.25) is 18.4 Å². The first-order valence-electron chi connectivity index (χ1n) is 13.8. The molecule has 39 heavy (non-hydrogen) atoms. The molecule has 2 aliphatic heterocycles. The lowest BCUT2D eigenvalue weighted by atomic mass is 9.84. The number of ether oxygens (including phenoxy) is 3. The van der Waals surface area contributed by atoms with Gasteiger partial charge in [-0.2, -0.15) is 0 Å². The third-order valence-electron chi connectivity index (χ3n) is 7.74. The molecular formula is C28H41N5O6. The molecule has 2 aromatic rings. The standard InChI is InChI=1S/C28H41N5O6/c1-3-4-10-32(11-6-5-8-29)25(34)17-33-16-21(20-14-23(37-2)27-24(15-20)38-19-39-27)26(28(35)36)22(33)7-12-31-13-9-30-18-31/h9,13-15,18,21-22,26H,3-8,10-12,16-17,19,29H2,1-2H3,(H,35,36)/t21-,22+,26-/m1/s1. The number of nitrogens with two attached hydrogens (primary N) is 1. The SMILES string of the molecule is CCCCN(CCCCN)C(=O)CN1C[C@H](c2cc(OC)c3c(c2)OCO3)[C@@H](C(=O)O)[C@@H]1CCn1ccnc1. The summed E-state index contributed by atoms with van der Waals surface area (Å²) in [6.45, 7) is 5.36. The van der Waals surface area contributed by atoms with E-state index in [2.05, 4.69) is 16.8 Å². The number of unbranched alkanes of at least 4 members (excludes halogenated alkanes) is 2. The number of hydrogen-bond acceptors (Lipinski definition) is 8. The summed E-state index contributed by atoms with van der Waals surface area (Å²) >= 11 is 0. The molecule has 0 bridgehead atoms. The van der Waals surface area contributed by atoms with Gasteiger partial charge < -0.3 is 34.5 Å². The average Bonchev–Trinajstić information content (AvgIpc) is 3.69. The Morgan fingerprint density at radius 3 is 2.74 bits per heavy atom. The molecule has 11 nitrogen and oxygen atoms in total. The molecule has 0 unspecified atom stereocenters. The molecule has 1 fully saturated rings. The highest BCUT2D eigenvalue weighted by Crippen LogP contribution is 2.47. The summed E-state index contributed by atoms with van der Waals surface area (Å²) in [5.41, 5.74) is 6.49. The van der Waals surface area contributed by atoms with E-state index in [1.54, 1.807) is 19.6 Å². The third kappa shape index (κ3) is 6.83. The van der Waals surface area contributed by atoms with Crippen molar-refractivity contribution in [3.8, 4) is 17.2 Å². The Morgan fingerprint density at radius 2 is 2.05 bits per heavy atom. The van der Waals surface area contributed by atoms with Crippen LogP contribution in [0.2, 0.25) is 0 Å². The van der Waals surface area contributed by atoms with Gasteiger partial charge in [0.05, 0.1) is 25.9 Å². The maximum absolute atomic E-state index is 13.6. The predicted octanol–water partition coefficient (Wildman–Crippen LogP) is 2.55. The predicted molar refractivity (Wildman–Crippen MR) is 145 cm³/mol. The van der Waals surface area contributed by atoms with Gasteiger partial charge in [-0.1, -0.05) is 13.3 Å². The van der Waals surface area contributed by atoms with Crippen molar-refractivity contribution in [2.45, 2.75) is 57.5 Å². The Morgan fingerprint density at radius 1 is 1.23 bits per heavy atom. The highest BCUT2D eigenvalue weighted by molar-refractivity contribution is 5.79. The Hall–Kier alpha value is -3.31. The molecule has 214 valence electrons. The third-order valence-corrected chi connectivity index (χ3v) is 7.74. The first kappa shape index (κ1) is 28.7. The maximum Gasteiger partial charge on any atom is 0.308 e. The molecule has 0 aliphatic carbocycles. The van der Waals surface area contributed by atoms with Crippen LogP contribution in [0.3, 0.4) is 0 Å². The van der Waals surface area contributed by atoms with Gasteiger partial charge in [0.1, 0.15) is 0 Å². The number of carbonyl (C=O) groups is 2. The van der Waals surface area contributed by atoms with Crippen LogP contribution in [0.4, 0.5) is 0 Å². The molecule has 3 heterocycles.